The Morgan fingerprint density at radius 1 is 0.246 bits per heavy atom. The smallest absolute Gasteiger partial charge is 0.306 e. The number of rotatable bonds is 55. The van der Waals surface area contributed by atoms with E-state index in [4.69, 9.17) is 14.2 Å². The summed E-state index contributed by atoms with van der Waals surface area (Å²) < 4.78 is 16.8. The average Bonchev–Trinajstić information content (AvgIpc) is 3.30. The van der Waals surface area contributed by atoms with Crippen molar-refractivity contribution in [2.24, 2.45) is 0 Å². The van der Waals surface area contributed by atoms with Crippen LogP contribution in [0.5, 0.6) is 0 Å². The van der Waals surface area contributed by atoms with Crippen molar-refractivity contribution in [2.75, 3.05) is 13.2 Å². The van der Waals surface area contributed by atoms with Crippen LogP contribution in [0.4, 0.5) is 0 Å². The molecule has 0 aromatic heterocycles. The Morgan fingerprint density at radius 3 is 0.615 bits per heavy atom. The average molecular weight is 920 g/mol. The van der Waals surface area contributed by atoms with Crippen LogP contribution in [0.25, 0.3) is 0 Å². The lowest BCUT2D eigenvalue weighted by molar-refractivity contribution is -0.167. The highest BCUT2D eigenvalue weighted by molar-refractivity contribution is 5.71. The van der Waals surface area contributed by atoms with Crippen molar-refractivity contribution in [1.82, 2.24) is 0 Å². The standard InChI is InChI=1S/C59H114O6/c1-4-7-10-13-15-17-19-21-23-25-27-29-30-32-33-35-37-39-41-43-46-49-52-58(61)64-55-56(54-63-57(60)51-48-45-12-9-6-3)65-59(62)53-50-47-44-42-40-38-36-34-31-28-26-24-22-20-18-16-14-11-8-5-2/h56H,4-55H2,1-3H3. The highest BCUT2D eigenvalue weighted by Gasteiger charge is 2.19. The van der Waals surface area contributed by atoms with Gasteiger partial charge in [0.05, 0.1) is 0 Å². The lowest BCUT2D eigenvalue weighted by Crippen LogP contribution is -2.30. The van der Waals surface area contributed by atoms with Gasteiger partial charge in [-0.15, -0.1) is 0 Å². The van der Waals surface area contributed by atoms with E-state index in [9.17, 15) is 14.4 Å². The molecule has 0 bridgehead atoms. The van der Waals surface area contributed by atoms with Crippen LogP contribution in [-0.4, -0.2) is 37.2 Å². The van der Waals surface area contributed by atoms with E-state index in [1.165, 1.54) is 238 Å². The second kappa shape index (κ2) is 55.0. The molecule has 0 heterocycles. The Bertz CT molecular complexity index is 967. The zero-order valence-electron chi connectivity index (χ0n) is 44.3. The summed E-state index contributed by atoms with van der Waals surface area (Å²) >= 11 is 0. The van der Waals surface area contributed by atoms with Crippen LogP contribution in [-0.2, 0) is 28.6 Å². The van der Waals surface area contributed by atoms with Crippen LogP contribution in [0.1, 0.15) is 342 Å². The molecule has 0 fully saturated rings. The summed E-state index contributed by atoms with van der Waals surface area (Å²) in [4.78, 5) is 37.8. The van der Waals surface area contributed by atoms with Gasteiger partial charge in [0.15, 0.2) is 6.10 Å². The van der Waals surface area contributed by atoms with Gasteiger partial charge in [-0.25, -0.2) is 0 Å². The van der Waals surface area contributed by atoms with Crippen LogP contribution < -0.4 is 0 Å². The predicted octanol–water partition coefficient (Wildman–Crippen LogP) is 19.5. The van der Waals surface area contributed by atoms with Gasteiger partial charge in [-0.2, -0.15) is 0 Å². The largest absolute Gasteiger partial charge is 0.462 e. The normalized spacial score (nSPS) is 11.9. The first-order valence-corrected chi connectivity index (χ1v) is 29.5. The number of unbranched alkanes of at least 4 members (excludes halogenated alkanes) is 44. The Kier molecular flexibility index (Phi) is 53.7. The first-order chi connectivity index (χ1) is 32.0. The second-order valence-corrected chi connectivity index (χ2v) is 20.3. The fraction of sp³-hybridized carbons (Fsp3) is 0.949. The molecule has 1 atom stereocenters. The molecule has 386 valence electrons. The van der Waals surface area contributed by atoms with Crippen molar-refractivity contribution in [1.29, 1.82) is 0 Å². The molecule has 0 N–H and O–H groups in total. The molecular weight excluding hydrogens is 805 g/mol. The van der Waals surface area contributed by atoms with E-state index >= 15 is 0 Å². The third-order valence-electron chi connectivity index (χ3n) is 13.6. The van der Waals surface area contributed by atoms with Crippen molar-refractivity contribution < 1.29 is 28.6 Å². The lowest BCUT2D eigenvalue weighted by atomic mass is 10.0. The molecular formula is C59H114O6. The third-order valence-corrected chi connectivity index (χ3v) is 13.6. The topological polar surface area (TPSA) is 78.9 Å². The van der Waals surface area contributed by atoms with Gasteiger partial charge >= 0.3 is 17.9 Å². The zero-order valence-corrected chi connectivity index (χ0v) is 44.3. The van der Waals surface area contributed by atoms with Gasteiger partial charge in [0.25, 0.3) is 0 Å². The minimum atomic E-state index is -0.759. The summed E-state index contributed by atoms with van der Waals surface area (Å²) in [7, 11) is 0. The Balaban J connectivity index is 4.01. The number of ether oxygens (including phenoxy) is 3. The molecule has 0 aliphatic carbocycles. The molecule has 65 heavy (non-hydrogen) atoms. The lowest BCUT2D eigenvalue weighted by Gasteiger charge is -2.18. The van der Waals surface area contributed by atoms with Crippen molar-refractivity contribution in [3.63, 3.8) is 0 Å². The van der Waals surface area contributed by atoms with E-state index in [2.05, 4.69) is 20.8 Å². The Hall–Kier alpha value is -1.59. The molecule has 0 amide bonds. The number of esters is 3. The van der Waals surface area contributed by atoms with E-state index in [0.29, 0.717) is 19.3 Å². The number of hydrogen-bond donors (Lipinski definition) is 0. The molecule has 0 radical (unpaired) electrons. The highest BCUT2D eigenvalue weighted by atomic mass is 16.6. The Morgan fingerprint density at radius 2 is 0.415 bits per heavy atom. The fourth-order valence-corrected chi connectivity index (χ4v) is 9.15. The third kappa shape index (κ3) is 53.2. The van der Waals surface area contributed by atoms with Gasteiger partial charge in [-0.3, -0.25) is 14.4 Å². The molecule has 0 rings (SSSR count). The summed E-state index contributed by atoms with van der Waals surface area (Å²) in [6, 6.07) is 0. The molecule has 0 aliphatic heterocycles. The van der Waals surface area contributed by atoms with Crippen molar-refractivity contribution in [3.05, 3.63) is 0 Å². The van der Waals surface area contributed by atoms with Gasteiger partial charge < -0.3 is 14.2 Å². The summed E-state index contributed by atoms with van der Waals surface area (Å²) in [5.74, 6) is -0.850. The summed E-state index contributed by atoms with van der Waals surface area (Å²) in [5, 5.41) is 0. The van der Waals surface area contributed by atoms with Crippen LogP contribution in [0.2, 0.25) is 0 Å². The second-order valence-electron chi connectivity index (χ2n) is 20.3. The maximum atomic E-state index is 12.8. The van der Waals surface area contributed by atoms with E-state index < -0.39 is 6.10 Å². The maximum absolute atomic E-state index is 12.8. The van der Waals surface area contributed by atoms with Crippen LogP contribution in [0, 0.1) is 0 Å². The quantitative estimate of drug-likeness (QED) is 0.0344. The molecule has 0 aromatic carbocycles. The number of hydrogen-bond acceptors (Lipinski definition) is 6. The highest BCUT2D eigenvalue weighted by Crippen LogP contribution is 2.18. The van der Waals surface area contributed by atoms with E-state index in [1.807, 2.05) is 0 Å². The van der Waals surface area contributed by atoms with Gasteiger partial charge in [0, 0.05) is 19.3 Å². The number of carbonyl (C=O) groups is 3. The van der Waals surface area contributed by atoms with E-state index in [-0.39, 0.29) is 31.1 Å². The number of carbonyl (C=O) groups excluding carboxylic acids is 3. The van der Waals surface area contributed by atoms with Gasteiger partial charge in [-0.05, 0) is 19.3 Å². The minimum Gasteiger partial charge on any atom is -0.462 e. The van der Waals surface area contributed by atoms with Gasteiger partial charge in [0.2, 0.25) is 0 Å². The van der Waals surface area contributed by atoms with E-state index in [0.717, 1.165) is 64.2 Å². The first kappa shape index (κ1) is 63.4. The van der Waals surface area contributed by atoms with Crippen LogP contribution in [0.15, 0.2) is 0 Å². The SMILES string of the molecule is CCCCCCCCCCCCCCCCCCCCCCCCC(=O)OCC(COC(=O)CCCCCCC)OC(=O)CCCCCCCCCCCCCCCCCCCCCC. The molecule has 6 heteroatoms. The monoisotopic (exact) mass is 919 g/mol. The molecule has 0 aromatic rings. The van der Waals surface area contributed by atoms with Crippen LogP contribution in [0.3, 0.4) is 0 Å². The first-order valence-electron chi connectivity index (χ1n) is 29.5. The molecule has 0 saturated heterocycles. The van der Waals surface area contributed by atoms with Gasteiger partial charge in [0.1, 0.15) is 13.2 Å². The molecule has 0 aliphatic rings. The summed E-state index contributed by atoms with van der Waals surface area (Å²) in [6.07, 6.45) is 61.5. The zero-order chi connectivity index (χ0) is 47.2. The molecule has 6 nitrogen and oxygen atoms in total. The van der Waals surface area contributed by atoms with Crippen molar-refractivity contribution >= 4 is 17.9 Å². The molecule has 0 saturated carbocycles. The van der Waals surface area contributed by atoms with Gasteiger partial charge in [-0.1, -0.05) is 303 Å². The van der Waals surface area contributed by atoms with Crippen molar-refractivity contribution in [3.8, 4) is 0 Å². The van der Waals surface area contributed by atoms with Crippen LogP contribution >= 0.6 is 0 Å². The molecule has 0 spiro atoms. The predicted molar refractivity (Wildman–Crippen MR) is 280 cm³/mol. The summed E-state index contributed by atoms with van der Waals surface area (Å²) in [5.41, 5.74) is 0. The minimum absolute atomic E-state index is 0.0626. The fourth-order valence-electron chi connectivity index (χ4n) is 9.15. The Labute approximate surface area is 406 Å². The summed E-state index contributed by atoms with van der Waals surface area (Å²) in [6.45, 7) is 6.63. The van der Waals surface area contributed by atoms with E-state index in [1.54, 1.807) is 0 Å². The van der Waals surface area contributed by atoms with Crippen molar-refractivity contribution in [2.45, 2.75) is 348 Å². The maximum Gasteiger partial charge on any atom is 0.306 e. The molecule has 1 unspecified atom stereocenters.